The standard InChI is InChI=1S/C9H18NO2.ClH/c1-9(7-11)8-12-6-5-10(2,3)4;/h7-8H,5-6H2,1-4H3;1H/q+1;/p-1/b9-8-;. The Morgan fingerprint density at radius 3 is 2.31 bits per heavy atom. The summed E-state index contributed by atoms with van der Waals surface area (Å²) < 4.78 is 6.02. The third-order valence-electron chi connectivity index (χ3n) is 1.34. The van der Waals surface area contributed by atoms with E-state index in [0.29, 0.717) is 12.2 Å². The van der Waals surface area contributed by atoms with E-state index in [4.69, 9.17) is 4.74 Å². The molecule has 0 radical (unpaired) electrons. The molecule has 0 saturated carbocycles. The lowest BCUT2D eigenvalue weighted by Gasteiger charge is -2.23. The Kier molecular flexibility index (Phi) is 7.96. The molecule has 0 N–H and O–H groups in total. The SMILES string of the molecule is C/C(C=O)=C/OCC[N+](C)(C)C.[Cl-]. The quantitative estimate of drug-likeness (QED) is 0.169. The molecule has 4 heteroatoms. The molecule has 0 spiro atoms. The average Bonchev–Trinajstić information content (AvgIpc) is 1.96. The summed E-state index contributed by atoms with van der Waals surface area (Å²) in [6.45, 7) is 3.30. The van der Waals surface area contributed by atoms with Gasteiger partial charge in [0.2, 0.25) is 0 Å². The largest absolute Gasteiger partial charge is 1.00 e. The van der Waals surface area contributed by atoms with E-state index in [1.54, 1.807) is 6.92 Å². The minimum atomic E-state index is 0. The van der Waals surface area contributed by atoms with Crippen LogP contribution in [-0.2, 0) is 9.53 Å². The molecule has 0 aromatic carbocycles. The number of nitrogens with zero attached hydrogens (tertiary/aromatic N) is 1. The molecule has 0 heterocycles. The van der Waals surface area contributed by atoms with Gasteiger partial charge >= 0.3 is 0 Å². The maximum absolute atomic E-state index is 10.1. The van der Waals surface area contributed by atoms with Gasteiger partial charge in [-0.25, -0.2) is 0 Å². The van der Waals surface area contributed by atoms with Crippen LogP contribution in [0.3, 0.4) is 0 Å². The van der Waals surface area contributed by atoms with Gasteiger partial charge in [0.1, 0.15) is 19.4 Å². The monoisotopic (exact) mass is 207 g/mol. The fourth-order valence-corrected chi connectivity index (χ4v) is 0.545. The minimum absolute atomic E-state index is 0. The molecule has 3 nitrogen and oxygen atoms in total. The van der Waals surface area contributed by atoms with Crippen LogP contribution in [0.25, 0.3) is 0 Å². The maximum Gasteiger partial charge on any atom is 0.148 e. The van der Waals surface area contributed by atoms with Gasteiger partial charge in [0.15, 0.2) is 0 Å². The smallest absolute Gasteiger partial charge is 0.148 e. The number of carbonyl (C=O) groups is 1. The number of quaternary nitrogens is 1. The molecule has 13 heavy (non-hydrogen) atoms. The van der Waals surface area contributed by atoms with Crippen LogP contribution in [0.1, 0.15) is 6.92 Å². The number of hydrogen-bond donors (Lipinski definition) is 0. The van der Waals surface area contributed by atoms with Gasteiger partial charge in [0, 0.05) is 5.57 Å². The normalized spacial score (nSPS) is 11.8. The molecule has 0 aromatic heterocycles. The Labute approximate surface area is 86.4 Å². The summed E-state index contributed by atoms with van der Waals surface area (Å²) >= 11 is 0. The van der Waals surface area contributed by atoms with E-state index in [1.165, 1.54) is 6.26 Å². The fourth-order valence-electron chi connectivity index (χ4n) is 0.545. The summed E-state index contributed by atoms with van der Waals surface area (Å²) in [5.74, 6) is 0. The third-order valence-corrected chi connectivity index (χ3v) is 1.34. The molecule has 0 rings (SSSR count). The number of halogens is 1. The van der Waals surface area contributed by atoms with Gasteiger partial charge in [0.25, 0.3) is 0 Å². The molecule has 0 aliphatic heterocycles. The second kappa shape index (κ2) is 6.92. The lowest BCUT2D eigenvalue weighted by Crippen LogP contribution is -3.00. The van der Waals surface area contributed by atoms with Gasteiger partial charge in [-0.15, -0.1) is 0 Å². The van der Waals surface area contributed by atoms with Crippen molar-refractivity contribution in [2.24, 2.45) is 0 Å². The second-order valence-electron chi connectivity index (χ2n) is 3.86. The summed E-state index contributed by atoms with van der Waals surface area (Å²) in [6, 6.07) is 0. The van der Waals surface area contributed by atoms with Crippen molar-refractivity contribution in [3.63, 3.8) is 0 Å². The van der Waals surface area contributed by atoms with Gasteiger partial charge in [-0.05, 0) is 6.92 Å². The fraction of sp³-hybridized carbons (Fsp3) is 0.667. The van der Waals surface area contributed by atoms with Crippen LogP contribution in [0.5, 0.6) is 0 Å². The molecule has 0 fully saturated rings. The van der Waals surface area contributed by atoms with Gasteiger partial charge in [-0.1, -0.05) is 0 Å². The van der Waals surface area contributed by atoms with Crippen molar-refractivity contribution in [3.05, 3.63) is 11.8 Å². The zero-order valence-corrected chi connectivity index (χ0v) is 9.47. The van der Waals surface area contributed by atoms with E-state index in [2.05, 4.69) is 21.1 Å². The molecule has 0 aliphatic rings. The van der Waals surface area contributed by atoms with Crippen LogP contribution < -0.4 is 12.4 Å². The molecule has 0 amide bonds. The number of likely N-dealkylation sites (N-methyl/N-ethyl adjacent to an activating group) is 1. The number of ether oxygens (including phenoxy) is 1. The predicted molar refractivity (Wildman–Crippen MR) is 48.7 cm³/mol. The number of hydrogen-bond acceptors (Lipinski definition) is 2. The lowest BCUT2D eigenvalue weighted by molar-refractivity contribution is -0.870. The number of aldehydes is 1. The van der Waals surface area contributed by atoms with Crippen molar-refractivity contribution in [3.8, 4) is 0 Å². The molecule has 0 unspecified atom stereocenters. The van der Waals surface area contributed by atoms with E-state index < -0.39 is 0 Å². The first-order valence-electron chi connectivity index (χ1n) is 4.00. The molecule has 0 saturated heterocycles. The van der Waals surface area contributed by atoms with Crippen LogP contribution in [0.4, 0.5) is 0 Å². The van der Waals surface area contributed by atoms with E-state index >= 15 is 0 Å². The van der Waals surface area contributed by atoms with E-state index in [1.807, 2.05) is 0 Å². The Morgan fingerprint density at radius 2 is 1.92 bits per heavy atom. The Hall–Kier alpha value is -0.540. The number of carbonyl (C=O) groups excluding carboxylic acids is 1. The summed E-state index contributed by atoms with van der Waals surface area (Å²) in [5, 5.41) is 0. The van der Waals surface area contributed by atoms with Crippen LogP contribution in [0, 0.1) is 0 Å². The first kappa shape index (κ1) is 15.0. The zero-order valence-electron chi connectivity index (χ0n) is 8.71. The molecule has 78 valence electrons. The van der Waals surface area contributed by atoms with Crippen molar-refractivity contribution in [1.29, 1.82) is 0 Å². The van der Waals surface area contributed by atoms with Gasteiger partial charge < -0.3 is 21.6 Å². The van der Waals surface area contributed by atoms with Crippen LogP contribution >= 0.6 is 0 Å². The van der Waals surface area contributed by atoms with Gasteiger partial charge in [-0.2, -0.15) is 0 Å². The number of rotatable bonds is 5. The molecule has 0 aromatic rings. The van der Waals surface area contributed by atoms with Crippen LogP contribution in [-0.4, -0.2) is 45.1 Å². The lowest BCUT2D eigenvalue weighted by atomic mass is 10.4. The Morgan fingerprint density at radius 1 is 1.38 bits per heavy atom. The highest BCUT2D eigenvalue weighted by molar-refractivity contribution is 5.71. The predicted octanol–water partition coefficient (Wildman–Crippen LogP) is -2.18. The Balaban J connectivity index is 0. The van der Waals surface area contributed by atoms with Crippen molar-refractivity contribution in [1.82, 2.24) is 0 Å². The summed E-state index contributed by atoms with van der Waals surface area (Å²) in [6.07, 6.45) is 2.29. The Bertz CT molecular complexity index is 173. The second-order valence-corrected chi connectivity index (χ2v) is 3.86. The zero-order chi connectivity index (χ0) is 9.61. The van der Waals surface area contributed by atoms with Crippen molar-refractivity contribution in [2.75, 3.05) is 34.3 Å². The third kappa shape index (κ3) is 11.5. The van der Waals surface area contributed by atoms with Gasteiger partial charge in [-0.3, -0.25) is 4.79 Å². The highest BCUT2D eigenvalue weighted by Gasteiger charge is 2.04. The first-order chi connectivity index (χ1) is 5.45. The molecule has 0 aliphatic carbocycles. The van der Waals surface area contributed by atoms with Crippen molar-refractivity contribution in [2.45, 2.75) is 6.92 Å². The van der Waals surface area contributed by atoms with E-state index in [0.717, 1.165) is 17.3 Å². The molecular weight excluding hydrogens is 190 g/mol. The highest BCUT2D eigenvalue weighted by atomic mass is 35.5. The van der Waals surface area contributed by atoms with E-state index in [-0.39, 0.29) is 12.4 Å². The summed E-state index contributed by atoms with van der Waals surface area (Å²) in [7, 11) is 6.29. The van der Waals surface area contributed by atoms with Crippen LogP contribution in [0.2, 0.25) is 0 Å². The van der Waals surface area contributed by atoms with Crippen molar-refractivity contribution < 1.29 is 26.4 Å². The van der Waals surface area contributed by atoms with E-state index in [9.17, 15) is 4.79 Å². The van der Waals surface area contributed by atoms with Crippen LogP contribution in [0.15, 0.2) is 11.8 Å². The maximum atomic E-state index is 10.1. The summed E-state index contributed by atoms with van der Waals surface area (Å²) in [4.78, 5) is 10.1. The minimum Gasteiger partial charge on any atom is -1.00 e. The van der Waals surface area contributed by atoms with Gasteiger partial charge in [0.05, 0.1) is 27.4 Å². The average molecular weight is 208 g/mol. The summed E-state index contributed by atoms with van der Waals surface area (Å²) in [5.41, 5.74) is 0.622. The van der Waals surface area contributed by atoms with Crippen molar-refractivity contribution >= 4 is 6.29 Å². The first-order valence-corrected chi connectivity index (χ1v) is 4.00. The topological polar surface area (TPSA) is 26.3 Å². The molecule has 0 bridgehead atoms. The molecular formula is C9H18ClNO2. The molecule has 0 atom stereocenters. The highest BCUT2D eigenvalue weighted by Crippen LogP contribution is 1.92. The number of allylic oxidation sites excluding steroid dienone is 1.